The third kappa shape index (κ3) is 3.04. The lowest BCUT2D eigenvalue weighted by Gasteiger charge is -2.35. The fourth-order valence-corrected chi connectivity index (χ4v) is 2.78. The summed E-state index contributed by atoms with van der Waals surface area (Å²) in [6.45, 7) is 7.71. The summed E-state index contributed by atoms with van der Waals surface area (Å²) in [5, 5.41) is 0. The highest BCUT2D eigenvalue weighted by Crippen LogP contribution is 2.30. The van der Waals surface area contributed by atoms with Crippen LogP contribution in [0.1, 0.15) is 41.3 Å². The lowest BCUT2D eigenvalue weighted by atomic mass is 9.85. The van der Waals surface area contributed by atoms with Crippen LogP contribution in [0.3, 0.4) is 0 Å². The molecule has 0 bridgehead atoms. The summed E-state index contributed by atoms with van der Waals surface area (Å²) in [6, 6.07) is 5.98. The van der Waals surface area contributed by atoms with Crippen molar-refractivity contribution in [3.8, 4) is 0 Å². The van der Waals surface area contributed by atoms with Crippen molar-refractivity contribution in [3.05, 3.63) is 34.9 Å². The SMILES string of the molecule is CCOC1(C(=O)c2cc(C)cc(C)c2)CCOCC1. The minimum Gasteiger partial charge on any atom is -0.381 e. The lowest BCUT2D eigenvalue weighted by Crippen LogP contribution is -2.46. The molecule has 1 fully saturated rings. The molecule has 1 aliphatic heterocycles. The quantitative estimate of drug-likeness (QED) is 0.782. The summed E-state index contributed by atoms with van der Waals surface area (Å²) in [5.74, 6) is 0.101. The molecule has 1 saturated heterocycles. The molecule has 0 amide bonds. The molecule has 0 N–H and O–H groups in total. The van der Waals surface area contributed by atoms with Crippen LogP contribution in [0.4, 0.5) is 0 Å². The van der Waals surface area contributed by atoms with Crippen LogP contribution >= 0.6 is 0 Å². The third-order valence-corrected chi connectivity index (χ3v) is 3.62. The topological polar surface area (TPSA) is 35.5 Å². The Morgan fingerprint density at radius 3 is 2.32 bits per heavy atom. The molecule has 0 spiro atoms. The van der Waals surface area contributed by atoms with Gasteiger partial charge in [-0.2, -0.15) is 0 Å². The molecule has 1 aromatic rings. The van der Waals surface area contributed by atoms with Crippen LogP contribution in [-0.4, -0.2) is 31.2 Å². The standard InChI is InChI=1S/C16H22O3/c1-4-19-16(5-7-18-8-6-16)15(17)14-10-12(2)9-13(3)11-14/h9-11H,4-8H2,1-3H3. The zero-order chi connectivity index (χ0) is 13.9. The highest BCUT2D eigenvalue weighted by atomic mass is 16.5. The molecule has 104 valence electrons. The monoisotopic (exact) mass is 262 g/mol. The van der Waals surface area contributed by atoms with Gasteiger partial charge in [0, 0.05) is 38.2 Å². The van der Waals surface area contributed by atoms with Crippen LogP contribution in [0.2, 0.25) is 0 Å². The molecule has 0 atom stereocenters. The van der Waals surface area contributed by atoms with E-state index in [0.29, 0.717) is 32.7 Å². The number of rotatable bonds is 4. The van der Waals surface area contributed by atoms with E-state index in [2.05, 4.69) is 6.07 Å². The first-order chi connectivity index (χ1) is 9.07. The molecule has 2 rings (SSSR count). The second kappa shape index (κ2) is 5.85. The average molecular weight is 262 g/mol. The summed E-state index contributed by atoms with van der Waals surface area (Å²) in [5.41, 5.74) is 2.30. The molecule has 3 heteroatoms. The predicted molar refractivity (Wildman–Crippen MR) is 74.7 cm³/mol. The first kappa shape index (κ1) is 14.2. The summed E-state index contributed by atoms with van der Waals surface area (Å²) in [6.07, 6.45) is 1.29. The Morgan fingerprint density at radius 2 is 1.79 bits per heavy atom. The fourth-order valence-electron chi connectivity index (χ4n) is 2.78. The largest absolute Gasteiger partial charge is 0.381 e. The number of carbonyl (C=O) groups is 1. The van der Waals surface area contributed by atoms with Crippen molar-refractivity contribution in [2.75, 3.05) is 19.8 Å². The number of Topliss-reactive ketones (excluding diaryl/α,β-unsaturated/α-hetero) is 1. The van der Waals surface area contributed by atoms with Crippen molar-refractivity contribution in [2.45, 2.75) is 39.2 Å². The van der Waals surface area contributed by atoms with Gasteiger partial charge in [0.2, 0.25) is 0 Å². The van der Waals surface area contributed by atoms with Gasteiger partial charge in [-0.3, -0.25) is 4.79 Å². The van der Waals surface area contributed by atoms with Gasteiger partial charge in [-0.15, -0.1) is 0 Å². The van der Waals surface area contributed by atoms with Gasteiger partial charge >= 0.3 is 0 Å². The lowest BCUT2D eigenvalue weighted by molar-refractivity contribution is -0.0822. The average Bonchev–Trinajstić information content (AvgIpc) is 2.38. The van der Waals surface area contributed by atoms with Gasteiger partial charge in [0.15, 0.2) is 5.78 Å². The highest BCUT2D eigenvalue weighted by molar-refractivity contribution is 6.02. The Bertz CT molecular complexity index is 433. The van der Waals surface area contributed by atoms with Gasteiger partial charge in [-0.1, -0.05) is 17.2 Å². The number of hydrogen-bond donors (Lipinski definition) is 0. The van der Waals surface area contributed by atoms with Crippen molar-refractivity contribution in [3.63, 3.8) is 0 Å². The minimum atomic E-state index is -0.687. The normalized spacial score (nSPS) is 18.3. The van der Waals surface area contributed by atoms with Crippen molar-refractivity contribution in [1.29, 1.82) is 0 Å². The second-order valence-corrected chi connectivity index (χ2v) is 5.25. The van der Waals surface area contributed by atoms with E-state index in [1.54, 1.807) is 0 Å². The van der Waals surface area contributed by atoms with Gasteiger partial charge < -0.3 is 9.47 Å². The molecule has 3 nitrogen and oxygen atoms in total. The highest BCUT2D eigenvalue weighted by Gasteiger charge is 2.41. The van der Waals surface area contributed by atoms with Crippen molar-refractivity contribution in [1.82, 2.24) is 0 Å². The second-order valence-electron chi connectivity index (χ2n) is 5.25. The van der Waals surface area contributed by atoms with Gasteiger partial charge in [-0.05, 0) is 32.9 Å². The molecule has 0 unspecified atom stereocenters. The smallest absolute Gasteiger partial charge is 0.194 e. The van der Waals surface area contributed by atoms with Crippen LogP contribution in [0.5, 0.6) is 0 Å². The van der Waals surface area contributed by atoms with E-state index in [0.717, 1.165) is 16.7 Å². The Balaban J connectivity index is 2.33. The van der Waals surface area contributed by atoms with Crippen LogP contribution in [0.25, 0.3) is 0 Å². The molecule has 19 heavy (non-hydrogen) atoms. The zero-order valence-corrected chi connectivity index (χ0v) is 12.0. The third-order valence-electron chi connectivity index (χ3n) is 3.62. The molecule has 1 aliphatic rings. The Labute approximate surface area is 114 Å². The fraction of sp³-hybridized carbons (Fsp3) is 0.562. The van der Waals surface area contributed by atoms with Gasteiger partial charge in [0.05, 0.1) is 0 Å². The maximum atomic E-state index is 12.8. The van der Waals surface area contributed by atoms with Crippen molar-refractivity contribution in [2.24, 2.45) is 0 Å². The number of benzene rings is 1. The van der Waals surface area contributed by atoms with E-state index >= 15 is 0 Å². The van der Waals surface area contributed by atoms with Crippen LogP contribution in [0.15, 0.2) is 18.2 Å². The molecule has 1 aromatic carbocycles. The van der Waals surface area contributed by atoms with E-state index in [4.69, 9.17) is 9.47 Å². The van der Waals surface area contributed by atoms with Crippen LogP contribution < -0.4 is 0 Å². The predicted octanol–water partition coefficient (Wildman–Crippen LogP) is 3.07. The zero-order valence-electron chi connectivity index (χ0n) is 12.0. The molecular formula is C16H22O3. The Kier molecular flexibility index (Phi) is 4.38. The van der Waals surface area contributed by atoms with Gasteiger partial charge in [0.1, 0.15) is 5.60 Å². The Morgan fingerprint density at radius 1 is 1.21 bits per heavy atom. The van der Waals surface area contributed by atoms with Gasteiger partial charge in [-0.25, -0.2) is 0 Å². The number of aryl methyl sites for hydroxylation is 2. The first-order valence-electron chi connectivity index (χ1n) is 6.92. The summed E-state index contributed by atoms with van der Waals surface area (Å²) < 4.78 is 11.2. The number of ketones is 1. The summed E-state index contributed by atoms with van der Waals surface area (Å²) in [4.78, 5) is 12.8. The van der Waals surface area contributed by atoms with E-state index in [1.807, 2.05) is 32.9 Å². The van der Waals surface area contributed by atoms with Crippen LogP contribution in [0, 0.1) is 13.8 Å². The maximum Gasteiger partial charge on any atom is 0.194 e. The van der Waals surface area contributed by atoms with E-state index < -0.39 is 5.60 Å². The van der Waals surface area contributed by atoms with Gasteiger partial charge in [0.25, 0.3) is 0 Å². The molecule has 1 heterocycles. The minimum absolute atomic E-state index is 0.101. The molecule has 0 radical (unpaired) electrons. The molecular weight excluding hydrogens is 240 g/mol. The molecule has 0 saturated carbocycles. The van der Waals surface area contributed by atoms with E-state index in [1.165, 1.54) is 0 Å². The maximum absolute atomic E-state index is 12.8. The molecule has 0 aromatic heterocycles. The van der Waals surface area contributed by atoms with Crippen molar-refractivity contribution >= 4 is 5.78 Å². The summed E-state index contributed by atoms with van der Waals surface area (Å²) in [7, 11) is 0. The van der Waals surface area contributed by atoms with E-state index in [9.17, 15) is 4.79 Å². The summed E-state index contributed by atoms with van der Waals surface area (Å²) >= 11 is 0. The Hall–Kier alpha value is -1.19. The number of hydrogen-bond acceptors (Lipinski definition) is 3. The van der Waals surface area contributed by atoms with Crippen molar-refractivity contribution < 1.29 is 14.3 Å². The molecule has 0 aliphatic carbocycles. The number of carbonyl (C=O) groups excluding carboxylic acids is 1. The van der Waals surface area contributed by atoms with E-state index in [-0.39, 0.29) is 5.78 Å². The number of ether oxygens (including phenoxy) is 2. The first-order valence-corrected chi connectivity index (χ1v) is 6.92. The van der Waals surface area contributed by atoms with Crippen LogP contribution in [-0.2, 0) is 9.47 Å².